The predicted octanol–water partition coefficient (Wildman–Crippen LogP) is 1.97. The largest absolute Gasteiger partial charge is 0.485 e. The van der Waals surface area contributed by atoms with Gasteiger partial charge in [0.25, 0.3) is 5.91 Å². The van der Waals surface area contributed by atoms with E-state index in [4.69, 9.17) is 14.2 Å². The van der Waals surface area contributed by atoms with Crippen molar-refractivity contribution in [2.45, 2.75) is 19.2 Å². The number of para-hydroxylation sites is 2. The third-order valence-corrected chi connectivity index (χ3v) is 4.80. The predicted molar refractivity (Wildman–Crippen MR) is 101 cm³/mol. The number of nitrogens with zero attached hydrogens (tertiary/aromatic N) is 1. The Morgan fingerprint density at radius 1 is 1.00 bits per heavy atom. The van der Waals surface area contributed by atoms with Crippen LogP contribution in [0.1, 0.15) is 11.1 Å². The zero-order chi connectivity index (χ0) is 18.5. The van der Waals surface area contributed by atoms with Crippen LogP contribution in [0.15, 0.2) is 48.5 Å². The van der Waals surface area contributed by atoms with Crippen LogP contribution in [0.5, 0.6) is 11.5 Å². The molecule has 0 saturated carbocycles. The molecule has 1 atom stereocenters. The highest BCUT2D eigenvalue weighted by molar-refractivity contribution is 5.81. The maximum absolute atomic E-state index is 12.4. The summed E-state index contributed by atoms with van der Waals surface area (Å²) < 4.78 is 16.7. The average Bonchev–Trinajstić information content (AvgIpc) is 2.73. The van der Waals surface area contributed by atoms with Gasteiger partial charge < -0.3 is 19.5 Å². The molecule has 4 rings (SSSR count). The van der Waals surface area contributed by atoms with E-state index in [9.17, 15) is 4.79 Å². The Kier molecular flexibility index (Phi) is 5.55. The molecule has 1 N–H and O–H groups in total. The summed E-state index contributed by atoms with van der Waals surface area (Å²) in [5, 5.41) is 2.93. The maximum Gasteiger partial charge on any atom is 0.264 e. The zero-order valence-electron chi connectivity index (χ0n) is 15.2. The lowest BCUT2D eigenvalue weighted by Crippen LogP contribution is -2.43. The van der Waals surface area contributed by atoms with Crippen LogP contribution in [0.3, 0.4) is 0 Å². The van der Waals surface area contributed by atoms with Gasteiger partial charge in [-0.05, 0) is 23.3 Å². The Bertz CT molecular complexity index is 772. The molecule has 27 heavy (non-hydrogen) atoms. The number of nitrogens with one attached hydrogen (secondary N) is 1. The van der Waals surface area contributed by atoms with Gasteiger partial charge in [-0.15, -0.1) is 0 Å². The van der Waals surface area contributed by atoms with E-state index in [0.717, 1.165) is 38.4 Å². The van der Waals surface area contributed by atoms with E-state index in [1.54, 1.807) is 0 Å². The molecule has 142 valence electrons. The van der Waals surface area contributed by atoms with Gasteiger partial charge in [0.05, 0.1) is 13.2 Å². The molecule has 0 aliphatic carbocycles. The van der Waals surface area contributed by atoms with Gasteiger partial charge in [0.2, 0.25) is 6.10 Å². The first-order valence-electron chi connectivity index (χ1n) is 9.32. The SMILES string of the molecule is O=C(NCc1ccc(CN2CCOCC2)cc1)[C@H]1COc2ccccc2O1. The van der Waals surface area contributed by atoms with E-state index in [2.05, 4.69) is 34.5 Å². The first kappa shape index (κ1) is 17.8. The average molecular weight is 368 g/mol. The van der Waals surface area contributed by atoms with Crippen molar-refractivity contribution in [2.75, 3.05) is 32.9 Å². The van der Waals surface area contributed by atoms with E-state index >= 15 is 0 Å². The highest BCUT2D eigenvalue weighted by atomic mass is 16.6. The zero-order valence-corrected chi connectivity index (χ0v) is 15.2. The minimum atomic E-state index is -0.625. The highest BCUT2D eigenvalue weighted by Gasteiger charge is 2.26. The van der Waals surface area contributed by atoms with Crippen LogP contribution in [0.4, 0.5) is 0 Å². The van der Waals surface area contributed by atoms with Crippen LogP contribution in [-0.4, -0.2) is 49.8 Å². The summed E-state index contributed by atoms with van der Waals surface area (Å²) in [5.41, 5.74) is 2.33. The van der Waals surface area contributed by atoms with Crippen LogP contribution in [-0.2, 0) is 22.6 Å². The van der Waals surface area contributed by atoms with Crippen LogP contribution in [0.2, 0.25) is 0 Å². The number of hydrogen-bond donors (Lipinski definition) is 1. The molecule has 0 spiro atoms. The highest BCUT2D eigenvalue weighted by Crippen LogP contribution is 2.30. The molecule has 2 aromatic rings. The van der Waals surface area contributed by atoms with E-state index in [1.807, 2.05) is 24.3 Å². The van der Waals surface area contributed by atoms with Crippen molar-refractivity contribution >= 4 is 5.91 Å². The maximum atomic E-state index is 12.4. The normalized spacial score (nSPS) is 19.5. The third kappa shape index (κ3) is 4.59. The van der Waals surface area contributed by atoms with Crippen molar-refractivity contribution in [3.05, 3.63) is 59.7 Å². The van der Waals surface area contributed by atoms with E-state index in [0.29, 0.717) is 18.0 Å². The molecule has 0 radical (unpaired) electrons. The fourth-order valence-corrected chi connectivity index (χ4v) is 3.23. The molecule has 0 bridgehead atoms. The number of morpholine rings is 1. The topological polar surface area (TPSA) is 60.0 Å². The molecule has 6 heteroatoms. The van der Waals surface area contributed by atoms with E-state index in [1.165, 1.54) is 5.56 Å². The van der Waals surface area contributed by atoms with Gasteiger partial charge in [0.15, 0.2) is 11.5 Å². The molecule has 1 amide bonds. The van der Waals surface area contributed by atoms with Gasteiger partial charge in [0, 0.05) is 26.2 Å². The Morgan fingerprint density at radius 3 is 2.48 bits per heavy atom. The second kappa shape index (κ2) is 8.41. The summed E-state index contributed by atoms with van der Waals surface area (Å²) in [6, 6.07) is 15.7. The van der Waals surface area contributed by atoms with Crippen molar-refractivity contribution in [3.8, 4) is 11.5 Å². The van der Waals surface area contributed by atoms with Gasteiger partial charge in [-0.25, -0.2) is 0 Å². The molecular weight excluding hydrogens is 344 g/mol. The van der Waals surface area contributed by atoms with Gasteiger partial charge >= 0.3 is 0 Å². The molecule has 2 aliphatic heterocycles. The van der Waals surface area contributed by atoms with Crippen molar-refractivity contribution in [3.63, 3.8) is 0 Å². The minimum absolute atomic E-state index is 0.165. The lowest BCUT2D eigenvalue weighted by atomic mass is 10.1. The molecular formula is C21H24N2O4. The number of hydrogen-bond acceptors (Lipinski definition) is 5. The Hall–Kier alpha value is -2.57. The number of rotatable bonds is 5. The fraction of sp³-hybridized carbons (Fsp3) is 0.381. The standard InChI is InChI=1S/C21H24N2O4/c24-21(20-15-26-18-3-1-2-4-19(18)27-20)22-13-16-5-7-17(8-6-16)14-23-9-11-25-12-10-23/h1-8,20H,9-15H2,(H,22,24)/t20-/m1/s1. The second-order valence-corrected chi connectivity index (χ2v) is 6.79. The smallest absolute Gasteiger partial charge is 0.264 e. The van der Waals surface area contributed by atoms with Crippen molar-refractivity contribution in [1.29, 1.82) is 0 Å². The number of carbonyl (C=O) groups is 1. The summed E-state index contributed by atoms with van der Waals surface area (Å²) in [5.74, 6) is 1.12. The molecule has 1 saturated heterocycles. The first-order valence-corrected chi connectivity index (χ1v) is 9.32. The van der Waals surface area contributed by atoms with Crippen LogP contribution in [0.25, 0.3) is 0 Å². The van der Waals surface area contributed by atoms with Crippen LogP contribution < -0.4 is 14.8 Å². The molecule has 1 fully saturated rings. The van der Waals surface area contributed by atoms with Crippen LogP contribution >= 0.6 is 0 Å². The van der Waals surface area contributed by atoms with Crippen molar-refractivity contribution in [1.82, 2.24) is 10.2 Å². The minimum Gasteiger partial charge on any atom is -0.485 e. The first-order chi connectivity index (χ1) is 13.3. The number of amides is 1. The van der Waals surface area contributed by atoms with Crippen LogP contribution in [0, 0.1) is 0 Å². The number of carbonyl (C=O) groups excluding carboxylic acids is 1. The quantitative estimate of drug-likeness (QED) is 0.875. The summed E-state index contributed by atoms with van der Waals surface area (Å²) in [6.07, 6.45) is -0.625. The molecule has 2 aromatic carbocycles. The lowest BCUT2D eigenvalue weighted by molar-refractivity contribution is -0.130. The molecule has 0 aromatic heterocycles. The molecule has 2 heterocycles. The van der Waals surface area contributed by atoms with Crippen molar-refractivity contribution in [2.24, 2.45) is 0 Å². The Morgan fingerprint density at radius 2 is 1.70 bits per heavy atom. The summed E-state index contributed by atoms with van der Waals surface area (Å²) in [4.78, 5) is 14.8. The summed E-state index contributed by atoms with van der Waals surface area (Å²) in [7, 11) is 0. The fourth-order valence-electron chi connectivity index (χ4n) is 3.23. The van der Waals surface area contributed by atoms with Gasteiger partial charge in [-0.2, -0.15) is 0 Å². The summed E-state index contributed by atoms with van der Waals surface area (Å²) >= 11 is 0. The Balaban J connectivity index is 1.26. The number of fused-ring (bicyclic) bond motifs is 1. The lowest BCUT2D eigenvalue weighted by Gasteiger charge is -2.26. The molecule has 2 aliphatic rings. The van der Waals surface area contributed by atoms with E-state index < -0.39 is 6.10 Å². The Labute approximate surface area is 159 Å². The van der Waals surface area contributed by atoms with Gasteiger partial charge in [-0.3, -0.25) is 9.69 Å². The van der Waals surface area contributed by atoms with Gasteiger partial charge in [-0.1, -0.05) is 36.4 Å². The van der Waals surface area contributed by atoms with Crippen molar-refractivity contribution < 1.29 is 19.0 Å². The molecule has 0 unspecified atom stereocenters. The number of benzene rings is 2. The number of ether oxygens (including phenoxy) is 3. The van der Waals surface area contributed by atoms with Gasteiger partial charge in [0.1, 0.15) is 6.61 Å². The molecule has 6 nitrogen and oxygen atoms in total. The van der Waals surface area contributed by atoms with E-state index in [-0.39, 0.29) is 12.5 Å². The second-order valence-electron chi connectivity index (χ2n) is 6.79. The summed E-state index contributed by atoms with van der Waals surface area (Å²) in [6.45, 7) is 5.19. The third-order valence-electron chi connectivity index (χ3n) is 4.80. The monoisotopic (exact) mass is 368 g/mol.